The zero-order chi connectivity index (χ0) is 16.2. The lowest BCUT2D eigenvalue weighted by Crippen LogP contribution is -2.44. The summed E-state index contributed by atoms with van der Waals surface area (Å²) >= 11 is 7.36. The first-order valence-electron chi connectivity index (χ1n) is 7.30. The molecule has 0 aliphatic carbocycles. The van der Waals surface area contributed by atoms with Gasteiger partial charge in [-0.3, -0.25) is 0 Å². The molecule has 2 aromatic rings. The molecule has 0 radical (unpaired) electrons. The number of ether oxygens (including phenoxy) is 2. The molecule has 0 bridgehead atoms. The standard InChI is InChI=1S/C16H17ClN2O3S/c1-10(14-6-7-15(17)23-14)19-16(20)18-8-11-9-21-12-4-2-3-5-13(12)22-11/h2-7,10-11H,8-9H2,1H3,(H2,18,19,20). The monoisotopic (exact) mass is 352 g/mol. The van der Waals surface area contributed by atoms with E-state index in [1.54, 1.807) is 0 Å². The number of carbonyl (C=O) groups excluding carboxylic acids is 1. The van der Waals surface area contributed by atoms with Gasteiger partial charge in [0.15, 0.2) is 17.6 Å². The van der Waals surface area contributed by atoms with Gasteiger partial charge in [0, 0.05) is 4.88 Å². The number of urea groups is 1. The third-order valence-electron chi connectivity index (χ3n) is 3.43. The highest BCUT2D eigenvalue weighted by Crippen LogP contribution is 2.30. The lowest BCUT2D eigenvalue weighted by molar-refractivity contribution is 0.0917. The predicted octanol–water partition coefficient (Wildman–Crippen LogP) is 3.60. The van der Waals surface area contributed by atoms with Crippen LogP contribution >= 0.6 is 22.9 Å². The zero-order valence-corrected chi connectivity index (χ0v) is 14.1. The summed E-state index contributed by atoms with van der Waals surface area (Å²) in [4.78, 5) is 13.0. The Kier molecular flexibility index (Phi) is 4.93. The highest BCUT2D eigenvalue weighted by molar-refractivity contribution is 7.16. The molecular formula is C16H17ClN2O3S. The van der Waals surface area contributed by atoms with Crippen molar-refractivity contribution in [3.05, 3.63) is 45.6 Å². The van der Waals surface area contributed by atoms with Gasteiger partial charge < -0.3 is 20.1 Å². The Bertz CT molecular complexity index is 691. The van der Waals surface area contributed by atoms with Crippen LogP contribution in [0.25, 0.3) is 0 Å². The van der Waals surface area contributed by atoms with E-state index >= 15 is 0 Å². The fourth-order valence-corrected chi connectivity index (χ4v) is 3.31. The Labute approximate surface area is 143 Å². The van der Waals surface area contributed by atoms with Crippen LogP contribution in [0.5, 0.6) is 11.5 Å². The Morgan fingerprint density at radius 2 is 2.13 bits per heavy atom. The van der Waals surface area contributed by atoms with E-state index < -0.39 is 0 Å². The molecular weight excluding hydrogens is 336 g/mol. The highest BCUT2D eigenvalue weighted by Gasteiger charge is 2.21. The Balaban J connectivity index is 1.46. The lowest BCUT2D eigenvalue weighted by Gasteiger charge is -2.26. The molecule has 2 unspecified atom stereocenters. The molecule has 7 heteroatoms. The van der Waals surface area contributed by atoms with Crippen molar-refractivity contribution in [1.29, 1.82) is 0 Å². The van der Waals surface area contributed by atoms with Gasteiger partial charge in [0.2, 0.25) is 0 Å². The van der Waals surface area contributed by atoms with Crippen LogP contribution in [-0.2, 0) is 0 Å². The first-order valence-corrected chi connectivity index (χ1v) is 8.49. The maximum absolute atomic E-state index is 12.0. The van der Waals surface area contributed by atoms with E-state index in [1.165, 1.54) is 11.3 Å². The van der Waals surface area contributed by atoms with Crippen LogP contribution in [0.4, 0.5) is 4.79 Å². The van der Waals surface area contributed by atoms with Crippen LogP contribution in [0.2, 0.25) is 4.34 Å². The van der Waals surface area contributed by atoms with Crippen molar-refractivity contribution in [3.63, 3.8) is 0 Å². The molecule has 0 fully saturated rings. The largest absolute Gasteiger partial charge is 0.486 e. The summed E-state index contributed by atoms with van der Waals surface area (Å²) in [5, 5.41) is 5.68. The number of halogens is 1. The summed E-state index contributed by atoms with van der Waals surface area (Å²) < 4.78 is 12.1. The van der Waals surface area contributed by atoms with E-state index in [1.807, 2.05) is 43.3 Å². The molecule has 0 saturated carbocycles. The molecule has 0 saturated heterocycles. The number of hydrogen-bond donors (Lipinski definition) is 2. The molecule has 23 heavy (non-hydrogen) atoms. The number of benzene rings is 1. The number of hydrogen-bond acceptors (Lipinski definition) is 4. The van der Waals surface area contributed by atoms with Gasteiger partial charge in [-0.15, -0.1) is 11.3 Å². The van der Waals surface area contributed by atoms with E-state index in [9.17, 15) is 4.79 Å². The Morgan fingerprint density at radius 3 is 2.87 bits per heavy atom. The van der Waals surface area contributed by atoms with Crippen molar-refractivity contribution >= 4 is 29.0 Å². The number of rotatable bonds is 4. The molecule has 2 N–H and O–H groups in total. The predicted molar refractivity (Wildman–Crippen MR) is 90.6 cm³/mol. The van der Waals surface area contributed by atoms with Crippen molar-refractivity contribution in [1.82, 2.24) is 10.6 Å². The molecule has 5 nitrogen and oxygen atoms in total. The van der Waals surface area contributed by atoms with Gasteiger partial charge in [0.1, 0.15) is 6.61 Å². The molecule has 2 amide bonds. The number of thiophene rings is 1. The summed E-state index contributed by atoms with van der Waals surface area (Å²) in [5.74, 6) is 1.43. The van der Waals surface area contributed by atoms with Gasteiger partial charge in [-0.1, -0.05) is 23.7 Å². The van der Waals surface area contributed by atoms with E-state index in [-0.39, 0.29) is 18.2 Å². The van der Waals surface area contributed by atoms with Gasteiger partial charge in [-0.25, -0.2) is 4.79 Å². The molecule has 1 aliphatic heterocycles. The Hall–Kier alpha value is -1.92. The Morgan fingerprint density at radius 1 is 1.35 bits per heavy atom. The molecule has 1 aromatic heterocycles. The summed E-state index contributed by atoms with van der Waals surface area (Å²) in [6.45, 7) is 2.70. The van der Waals surface area contributed by atoms with E-state index in [0.29, 0.717) is 23.2 Å². The number of carbonyl (C=O) groups is 1. The molecule has 0 spiro atoms. The summed E-state index contributed by atoms with van der Waals surface area (Å²) in [6, 6.07) is 10.9. The van der Waals surface area contributed by atoms with Crippen LogP contribution in [0, 0.1) is 0 Å². The zero-order valence-electron chi connectivity index (χ0n) is 12.5. The molecule has 2 atom stereocenters. The fraction of sp³-hybridized carbons (Fsp3) is 0.312. The minimum Gasteiger partial charge on any atom is -0.486 e. The number of fused-ring (bicyclic) bond motifs is 1. The van der Waals surface area contributed by atoms with Crippen molar-refractivity contribution in [3.8, 4) is 11.5 Å². The average Bonchev–Trinajstić information content (AvgIpc) is 2.99. The quantitative estimate of drug-likeness (QED) is 0.883. The second kappa shape index (κ2) is 7.10. The minimum absolute atomic E-state index is 0.100. The van der Waals surface area contributed by atoms with Gasteiger partial charge in [-0.2, -0.15) is 0 Å². The summed E-state index contributed by atoms with van der Waals surface area (Å²) in [7, 11) is 0. The minimum atomic E-state index is -0.246. The number of nitrogens with one attached hydrogen (secondary N) is 2. The smallest absolute Gasteiger partial charge is 0.315 e. The van der Waals surface area contributed by atoms with Crippen LogP contribution in [-0.4, -0.2) is 25.3 Å². The van der Waals surface area contributed by atoms with Crippen molar-refractivity contribution in [2.24, 2.45) is 0 Å². The summed E-state index contributed by atoms with van der Waals surface area (Å²) in [6.07, 6.45) is -0.206. The van der Waals surface area contributed by atoms with Gasteiger partial charge in [-0.05, 0) is 31.2 Å². The lowest BCUT2D eigenvalue weighted by atomic mass is 10.2. The SMILES string of the molecule is CC(NC(=O)NCC1COc2ccccc2O1)c1ccc(Cl)s1. The number of para-hydroxylation sites is 2. The molecule has 1 aromatic carbocycles. The second-order valence-corrected chi connectivity index (χ2v) is 6.96. The van der Waals surface area contributed by atoms with Crippen molar-refractivity contribution in [2.75, 3.05) is 13.2 Å². The summed E-state index contributed by atoms with van der Waals surface area (Å²) in [5.41, 5.74) is 0. The van der Waals surface area contributed by atoms with Crippen LogP contribution in [0.15, 0.2) is 36.4 Å². The first-order chi connectivity index (χ1) is 11.1. The average molecular weight is 353 g/mol. The van der Waals surface area contributed by atoms with Gasteiger partial charge >= 0.3 is 6.03 Å². The third-order valence-corrected chi connectivity index (χ3v) is 4.84. The fourth-order valence-electron chi connectivity index (χ4n) is 2.25. The van der Waals surface area contributed by atoms with E-state index in [0.717, 1.165) is 10.6 Å². The third kappa shape index (κ3) is 4.09. The normalized spacial score (nSPS) is 17.4. The van der Waals surface area contributed by atoms with Crippen LogP contribution < -0.4 is 20.1 Å². The number of amides is 2. The van der Waals surface area contributed by atoms with E-state index in [2.05, 4.69) is 10.6 Å². The van der Waals surface area contributed by atoms with Crippen molar-refractivity contribution in [2.45, 2.75) is 19.1 Å². The molecule has 122 valence electrons. The van der Waals surface area contributed by atoms with Gasteiger partial charge in [0.25, 0.3) is 0 Å². The van der Waals surface area contributed by atoms with Crippen LogP contribution in [0.1, 0.15) is 17.8 Å². The second-order valence-electron chi connectivity index (χ2n) is 5.22. The van der Waals surface area contributed by atoms with Crippen molar-refractivity contribution < 1.29 is 14.3 Å². The maximum Gasteiger partial charge on any atom is 0.315 e. The van der Waals surface area contributed by atoms with Crippen LogP contribution in [0.3, 0.4) is 0 Å². The molecule has 2 heterocycles. The first kappa shape index (κ1) is 16.0. The topological polar surface area (TPSA) is 59.6 Å². The molecule has 1 aliphatic rings. The maximum atomic E-state index is 12.0. The highest BCUT2D eigenvalue weighted by atomic mass is 35.5. The van der Waals surface area contributed by atoms with Gasteiger partial charge in [0.05, 0.1) is 16.9 Å². The van der Waals surface area contributed by atoms with E-state index in [4.69, 9.17) is 21.1 Å². The molecule has 3 rings (SSSR count).